The van der Waals surface area contributed by atoms with Crippen LogP contribution in [0.15, 0.2) is 96.0 Å². The van der Waals surface area contributed by atoms with Gasteiger partial charge in [0.25, 0.3) is 0 Å². The number of carbonyl (C=O) groups excluding carboxylic acids is 2. The van der Waals surface area contributed by atoms with E-state index in [1.807, 2.05) is 41.6 Å². The van der Waals surface area contributed by atoms with Gasteiger partial charge in [-0.1, -0.05) is 42.5 Å². The second-order valence-electron chi connectivity index (χ2n) is 8.20. The van der Waals surface area contributed by atoms with Crippen molar-refractivity contribution < 1.29 is 14.3 Å². The van der Waals surface area contributed by atoms with Gasteiger partial charge in [-0.25, -0.2) is 9.59 Å². The molecule has 0 saturated heterocycles. The first-order valence-electron chi connectivity index (χ1n) is 11.2. The summed E-state index contributed by atoms with van der Waals surface area (Å²) in [7, 11) is 1.33. The molecule has 0 bridgehead atoms. The fraction of sp³-hybridized carbons (Fsp3) is 0.143. The van der Waals surface area contributed by atoms with Crippen molar-refractivity contribution >= 4 is 29.4 Å². The van der Waals surface area contributed by atoms with E-state index in [9.17, 15) is 9.59 Å². The van der Waals surface area contributed by atoms with E-state index in [0.717, 1.165) is 27.4 Å². The van der Waals surface area contributed by atoms with Crippen molar-refractivity contribution in [1.29, 1.82) is 0 Å². The zero-order valence-electron chi connectivity index (χ0n) is 19.5. The smallest absolute Gasteiger partial charge is 0.339 e. The maximum absolute atomic E-state index is 13.9. The lowest BCUT2D eigenvalue weighted by molar-refractivity contribution is 0.0602. The zero-order chi connectivity index (χ0) is 24.4. The van der Waals surface area contributed by atoms with Crippen molar-refractivity contribution in [1.82, 2.24) is 9.47 Å². The molecule has 5 rings (SSSR count). The van der Waals surface area contributed by atoms with Gasteiger partial charge in [-0.05, 0) is 59.8 Å². The number of rotatable bonds is 4. The Kier molecular flexibility index (Phi) is 6.33. The van der Waals surface area contributed by atoms with E-state index in [0.29, 0.717) is 17.8 Å². The van der Waals surface area contributed by atoms with Crippen LogP contribution >= 0.6 is 11.8 Å². The molecule has 1 atom stereocenters. The number of urea groups is 1. The van der Waals surface area contributed by atoms with Crippen LogP contribution in [0.1, 0.15) is 33.2 Å². The average molecular weight is 484 g/mol. The number of nitrogens with one attached hydrogen (secondary N) is 1. The van der Waals surface area contributed by atoms with Crippen molar-refractivity contribution in [3.63, 3.8) is 0 Å². The fourth-order valence-corrected chi connectivity index (χ4v) is 4.95. The molecule has 7 heteroatoms. The van der Waals surface area contributed by atoms with Crippen LogP contribution in [0, 0.1) is 0 Å². The van der Waals surface area contributed by atoms with Gasteiger partial charge in [0.1, 0.15) is 0 Å². The third-order valence-electron chi connectivity index (χ3n) is 6.23. The number of hydrogen-bond donors (Lipinski definition) is 1. The Morgan fingerprint density at radius 2 is 1.69 bits per heavy atom. The number of thioether (sulfide) groups is 1. The number of carbonyl (C=O) groups is 2. The van der Waals surface area contributed by atoms with Crippen molar-refractivity contribution in [2.24, 2.45) is 0 Å². The summed E-state index contributed by atoms with van der Waals surface area (Å²) in [4.78, 5) is 29.2. The molecule has 0 spiro atoms. The van der Waals surface area contributed by atoms with Gasteiger partial charge in [-0.15, -0.1) is 11.8 Å². The number of benzene rings is 3. The molecule has 1 aliphatic rings. The van der Waals surface area contributed by atoms with Crippen molar-refractivity contribution in [2.45, 2.75) is 17.5 Å². The van der Waals surface area contributed by atoms with Crippen LogP contribution in [0.25, 0.3) is 5.69 Å². The average Bonchev–Trinajstić information content (AvgIpc) is 3.33. The number of esters is 1. The van der Waals surface area contributed by atoms with Crippen LogP contribution in [0.4, 0.5) is 10.5 Å². The van der Waals surface area contributed by atoms with Gasteiger partial charge >= 0.3 is 12.0 Å². The Hall–Kier alpha value is -3.97. The van der Waals surface area contributed by atoms with Crippen LogP contribution < -0.4 is 5.32 Å². The molecule has 0 unspecified atom stereocenters. The molecule has 3 aromatic carbocycles. The van der Waals surface area contributed by atoms with Crippen molar-refractivity contribution in [3.8, 4) is 5.69 Å². The number of amides is 2. The Bertz CT molecular complexity index is 1380. The van der Waals surface area contributed by atoms with Crippen LogP contribution in [0.5, 0.6) is 0 Å². The second kappa shape index (κ2) is 9.72. The van der Waals surface area contributed by atoms with E-state index in [1.54, 1.807) is 36.0 Å². The minimum Gasteiger partial charge on any atom is -0.465 e. The molecular formula is C28H25N3O3S. The van der Waals surface area contributed by atoms with Gasteiger partial charge in [0, 0.05) is 16.8 Å². The standard InChI is InChI=1S/C28H25N3O3S/c1-34-27(32)22-9-4-5-10-23(22)29-28(33)31-18-20-8-3-6-11-24(20)30-17-7-12-25(30)26(31)19-13-15-21(35-2)16-14-19/h3-17,26H,18H2,1-2H3,(H,29,33)/t26-/m0/s1. The normalized spacial score (nSPS) is 14.5. The molecule has 0 fully saturated rings. The predicted octanol–water partition coefficient (Wildman–Crippen LogP) is 6.12. The lowest BCUT2D eigenvalue weighted by atomic mass is 10.0. The number of methoxy groups -OCH3 is 1. The van der Waals surface area contributed by atoms with Gasteiger partial charge in [0.2, 0.25) is 0 Å². The molecule has 6 nitrogen and oxygen atoms in total. The predicted molar refractivity (Wildman–Crippen MR) is 138 cm³/mol. The summed E-state index contributed by atoms with van der Waals surface area (Å²) in [5.74, 6) is -0.500. The number of fused-ring (bicyclic) bond motifs is 3. The third-order valence-corrected chi connectivity index (χ3v) is 6.97. The van der Waals surface area contributed by atoms with E-state index in [2.05, 4.69) is 46.3 Å². The molecule has 1 N–H and O–H groups in total. The highest BCUT2D eigenvalue weighted by Gasteiger charge is 2.33. The molecule has 2 amide bonds. The van der Waals surface area contributed by atoms with E-state index in [1.165, 1.54) is 7.11 Å². The Labute approximate surface area is 208 Å². The fourth-order valence-electron chi connectivity index (χ4n) is 4.54. The lowest BCUT2D eigenvalue weighted by Crippen LogP contribution is -2.38. The maximum atomic E-state index is 13.9. The molecule has 176 valence electrons. The van der Waals surface area contributed by atoms with Gasteiger partial charge in [-0.2, -0.15) is 0 Å². The Balaban J connectivity index is 1.61. The van der Waals surface area contributed by atoms with Gasteiger partial charge in [-0.3, -0.25) is 0 Å². The third kappa shape index (κ3) is 4.31. The Morgan fingerprint density at radius 1 is 0.943 bits per heavy atom. The molecule has 0 aliphatic carbocycles. The number of nitrogens with zero attached hydrogens (tertiary/aromatic N) is 2. The van der Waals surface area contributed by atoms with Crippen LogP contribution in [0.2, 0.25) is 0 Å². The SMILES string of the molecule is COC(=O)c1ccccc1NC(=O)N1Cc2ccccc2-n2cccc2[C@@H]1c1ccc(SC)cc1. The summed E-state index contributed by atoms with van der Waals surface area (Å²) in [6, 6.07) is 26.7. The number of para-hydroxylation sites is 2. The van der Waals surface area contributed by atoms with Crippen LogP contribution in [0.3, 0.4) is 0 Å². The highest BCUT2D eigenvalue weighted by atomic mass is 32.2. The monoisotopic (exact) mass is 483 g/mol. The minimum absolute atomic E-state index is 0.301. The summed E-state index contributed by atoms with van der Waals surface area (Å²) in [6.07, 6.45) is 4.08. The summed E-state index contributed by atoms with van der Waals surface area (Å²) >= 11 is 1.68. The van der Waals surface area contributed by atoms with Crippen LogP contribution in [-0.4, -0.2) is 34.8 Å². The second-order valence-corrected chi connectivity index (χ2v) is 9.08. The molecule has 4 aromatic rings. The van der Waals surface area contributed by atoms with Crippen LogP contribution in [-0.2, 0) is 11.3 Å². The van der Waals surface area contributed by atoms with Crippen molar-refractivity contribution in [2.75, 3.05) is 18.7 Å². The number of hydrogen-bond acceptors (Lipinski definition) is 4. The summed E-state index contributed by atoms with van der Waals surface area (Å²) < 4.78 is 7.06. The quantitative estimate of drug-likeness (QED) is 0.280. The first-order chi connectivity index (χ1) is 17.1. The van der Waals surface area contributed by atoms with E-state index < -0.39 is 5.97 Å². The molecule has 2 heterocycles. The van der Waals surface area contributed by atoms with Crippen molar-refractivity contribution in [3.05, 3.63) is 114 Å². The van der Waals surface area contributed by atoms with Gasteiger partial charge < -0.3 is 19.5 Å². The number of aromatic nitrogens is 1. The van der Waals surface area contributed by atoms with E-state index >= 15 is 0 Å². The maximum Gasteiger partial charge on any atom is 0.339 e. The largest absolute Gasteiger partial charge is 0.465 e. The van der Waals surface area contributed by atoms with Gasteiger partial charge in [0.05, 0.1) is 36.6 Å². The number of ether oxygens (including phenoxy) is 1. The Morgan fingerprint density at radius 3 is 2.46 bits per heavy atom. The minimum atomic E-state index is -0.500. The molecule has 0 radical (unpaired) electrons. The molecule has 0 saturated carbocycles. The lowest BCUT2D eigenvalue weighted by Gasteiger charge is -2.31. The highest BCUT2D eigenvalue weighted by Crippen LogP contribution is 2.37. The summed E-state index contributed by atoms with van der Waals surface area (Å²) in [5, 5.41) is 2.97. The first-order valence-corrected chi connectivity index (χ1v) is 12.5. The highest BCUT2D eigenvalue weighted by molar-refractivity contribution is 7.98. The summed E-state index contributed by atoms with van der Waals surface area (Å²) in [5.41, 5.74) is 4.79. The van der Waals surface area contributed by atoms with E-state index in [4.69, 9.17) is 4.74 Å². The zero-order valence-corrected chi connectivity index (χ0v) is 20.3. The topological polar surface area (TPSA) is 63.6 Å². The molecule has 1 aliphatic heterocycles. The van der Waals surface area contributed by atoms with Gasteiger partial charge in [0.15, 0.2) is 0 Å². The molecule has 35 heavy (non-hydrogen) atoms. The summed E-state index contributed by atoms with van der Waals surface area (Å²) in [6.45, 7) is 0.402. The molecule has 1 aromatic heterocycles. The van der Waals surface area contributed by atoms with E-state index in [-0.39, 0.29) is 12.1 Å². The first kappa shape index (κ1) is 22.8. The molecular weight excluding hydrogens is 458 g/mol. The number of anilines is 1.